The normalized spacial score (nSPS) is 19.4. The van der Waals surface area contributed by atoms with Gasteiger partial charge in [0.1, 0.15) is 5.75 Å². The van der Waals surface area contributed by atoms with E-state index < -0.39 is 0 Å². The zero-order valence-corrected chi connectivity index (χ0v) is 16.5. The van der Waals surface area contributed by atoms with E-state index in [4.69, 9.17) is 10.00 Å². The Bertz CT molecular complexity index is 718. The molecule has 0 unspecified atom stereocenters. The van der Waals surface area contributed by atoms with Crippen LogP contribution in [0.3, 0.4) is 0 Å². The third-order valence-electron chi connectivity index (χ3n) is 5.84. The summed E-state index contributed by atoms with van der Waals surface area (Å²) in [6.45, 7) is 3.07. The summed E-state index contributed by atoms with van der Waals surface area (Å²) in [6, 6.07) is 18.9. The zero-order valence-electron chi connectivity index (χ0n) is 16.5. The van der Waals surface area contributed by atoms with Gasteiger partial charge < -0.3 is 4.74 Å². The molecule has 0 saturated heterocycles. The van der Waals surface area contributed by atoms with Crippen LogP contribution in [0.2, 0.25) is 0 Å². The molecular weight excluding hydrogens is 330 g/mol. The number of benzene rings is 2. The molecule has 142 valence electrons. The number of rotatable bonds is 8. The zero-order chi connectivity index (χ0) is 18.9. The SMILES string of the molecule is CCCc1ccc(OC[C@H]2CC[C@H](CCc3ccc(C#N)cc3)CC2)cc1. The number of hydrogen-bond acceptors (Lipinski definition) is 2. The van der Waals surface area contributed by atoms with Crippen molar-refractivity contribution in [3.05, 3.63) is 65.2 Å². The second-order valence-corrected chi connectivity index (χ2v) is 7.94. The van der Waals surface area contributed by atoms with Gasteiger partial charge in [0.2, 0.25) is 0 Å². The molecule has 3 rings (SSSR count). The van der Waals surface area contributed by atoms with Crippen molar-refractivity contribution in [2.45, 2.75) is 58.3 Å². The molecule has 0 amide bonds. The predicted octanol–water partition coefficient (Wildman–Crippen LogP) is 6.33. The Balaban J connectivity index is 1.35. The molecule has 1 aliphatic rings. The first-order valence-electron chi connectivity index (χ1n) is 10.5. The third-order valence-corrected chi connectivity index (χ3v) is 5.84. The van der Waals surface area contributed by atoms with Crippen molar-refractivity contribution in [2.75, 3.05) is 6.61 Å². The quantitative estimate of drug-likeness (QED) is 0.550. The minimum absolute atomic E-state index is 0.700. The van der Waals surface area contributed by atoms with Gasteiger partial charge in [-0.15, -0.1) is 0 Å². The van der Waals surface area contributed by atoms with Crippen molar-refractivity contribution in [3.8, 4) is 11.8 Å². The second-order valence-electron chi connectivity index (χ2n) is 7.94. The maximum atomic E-state index is 8.88. The summed E-state index contributed by atoms with van der Waals surface area (Å²) in [5.41, 5.74) is 3.50. The lowest BCUT2D eigenvalue weighted by Crippen LogP contribution is -2.20. The van der Waals surface area contributed by atoms with E-state index in [1.807, 2.05) is 12.1 Å². The first kappa shape index (κ1) is 19.5. The van der Waals surface area contributed by atoms with Crippen LogP contribution in [0.1, 0.15) is 62.1 Å². The lowest BCUT2D eigenvalue weighted by Gasteiger charge is -2.28. The van der Waals surface area contributed by atoms with E-state index in [-0.39, 0.29) is 0 Å². The van der Waals surface area contributed by atoms with Crippen LogP contribution >= 0.6 is 0 Å². The summed E-state index contributed by atoms with van der Waals surface area (Å²) in [4.78, 5) is 0. The molecule has 2 aromatic rings. The summed E-state index contributed by atoms with van der Waals surface area (Å²) in [5, 5.41) is 8.88. The Kier molecular flexibility index (Phi) is 7.34. The third kappa shape index (κ3) is 6.14. The second kappa shape index (κ2) is 10.2. The van der Waals surface area contributed by atoms with Crippen LogP contribution in [0.25, 0.3) is 0 Å². The van der Waals surface area contributed by atoms with Crippen LogP contribution in [-0.2, 0) is 12.8 Å². The summed E-state index contributed by atoms with van der Waals surface area (Å²) in [5.74, 6) is 2.55. The molecule has 27 heavy (non-hydrogen) atoms. The lowest BCUT2D eigenvalue weighted by molar-refractivity contribution is 0.179. The molecule has 0 atom stereocenters. The molecule has 1 saturated carbocycles. The Morgan fingerprint density at radius 3 is 2.07 bits per heavy atom. The summed E-state index contributed by atoms with van der Waals surface area (Å²) in [6.07, 6.45) is 9.93. The topological polar surface area (TPSA) is 33.0 Å². The smallest absolute Gasteiger partial charge is 0.119 e. The fraction of sp³-hybridized carbons (Fsp3) is 0.480. The minimum Gasteiger partial charge on any atom is -0.493 e. The van der Waals surface area contributed by atoms with Crippen LogP contribution in [0, 0.1) is 23.2 Å². The van der Waals surface area contributed by atoms with Gasteiger partial charge in [-0.3, -0.25) is 0 Å². The van der Waals surface area contributed by atoms with Crippen LogP contribution in [0.5, 0.6) is 5.75 Å². The summed E-state index contributed by atoms with van der Waals surface area (Å²) < 4.78 is 6.04. The fourth-order valence-electron chi connectivity index (χ4n) is 4.06. The maximum Gasteiger partial charge on any atom is 0.119 e. The van der Waals surface area contributed by atoms with Gasteiger partial charge in [0.25, 0.3) is 0 Å². The molecule has 0 spiro atoms. The molecule has 0 aliphatic heterocycles. The van der Waals surface area contributed by atoms with Gasteiger partial charge in [-0.1, -0.05) is 50.5 Å². The number of hydrogen-bond donors (Lipinski definition) is 0. The van der Waals surface area contributed by atoms with Crippen molar-refractivity contribution in [2.24, 2.45) is 11.8 Å². The van der Waals surface area contributed by atoms with Gasteiger partial charge in [0.05, 0.1) is 18.2 Å². The van der Waals surface area contributed by atoms with Crippen molar-refractivity contribution in [3.63, 3.8) is 0 Å². The van der Waals surface area contributed by atoms with Crippen molar-refractivity contribution >= 4 is 0 Å². The van der Waals surface area contributed by atoms with Gasteiger partial charge in [-0.05, 0) is 79.3 Å². The van der Waals surface area contributed by atoms with E-state index in [2.05, 4.69) is 49.4 Å². The summed E-state index contributed by atoms with van der Waals surface area (Å²) >= 11 is 0. The number of nitrogens with zero attached hydrogens (tertiary/aromatic N) is 1. The van der Waals surface area contributed by atoms with E-state index in [1.54, 1.807) is 0 Å². The monoisotopic (exact) mass is 361 g/mol. The molecule has 2 aromatic carbocycles. The molecule has 2 nitrogen and oxygen atoms in total. The highest BCUT2D eigenvalue weighted by Crippen LogP contribution is 2.32. The van der Waals surface area contributed by atoms with Crippen molar-refractivity contribution < 1.29 is 4.74 Å². The summed E-state index contributed by atoms with van der Waals surface area (Å²) in [7, 11) is 0. The molecule has 0 heterocycles. The van der Waals surface area contributed by atoms with Gasteiger partial charge in [-0.25, -0.2) is 0 Å². The predicted molar refractivity (Wildman–Crippen MR) is 111 cm³/mol. The molecule has 2 heteroatoms. The van der Waals surface area contributed by atoms with Gasteiger partial charge in [-0.2, -0.15) is 5.26 Å². The minimum atomic E-state index is 0.700. The van der Waals surface area contributed by atoms with Crippen LogP contribution in [0.4, 0.5) is 0 Å². The van der Waals surface area contributed by atoms with E-state index >= 15 is 0 Å². The van der Waals surface area contributed by atoms with Crippen LogP contribution in [0.15, 0.2) is 48.5 Å². The molecule has 0 bridgehead atoms. The van der Waals surface area contributed by atoms with E-state index in [0.29, 0.717) is 5.92 Å². The molecule has 1 fully saturated rings. The largest absolute Gasteiger partial charge is 0.493 e. The van der Waals surface area contributed by atoms with Crippen LogP contribution < -0.4 is 4.74 Å². The average molecular weight is 362 g/mol. The molecule has 0 N–H and O–H groups in total. The van der Waals surface area contributed by atoms with Crippen LogP contribution in [-0.4, -0.2) is 6.61 Å². The van der Waals surface area contributed by atoms with E-state index in [0.717, 1.165) is 36.7 Å². The first-order chi connectivity index (χ1) is 13.3. The maximum absolute atomic E-state index is 8.88. The Morgan fingerprint density at radius 1 is 0.852 bits per heavy atom. The molecular formula is C25H31NO. The van der Waals surface area contributed by atoms with E-state index in [1.165, 1.54) is 49.7 Å². The highest BCUT2D eigenvalue weighted by Gasteiger charge is 2.21. The first-order valence-corrected chi connectivity index (χ1v) is 10.5. The highest BCUT2D eigenvalue weighted by atomic mass is 16.5. The Labute approximate surface area is 164 Å². The number of aryl methyl sites for hydroxylation is 2. The molecule has 1 aliphatic carbocycles. The lowest BCUT2D eigenvalue weighted by atomic mass is 9.80. The number of ether oxygens (including phenoxy) is 1. The highest BCUT2D eigenvalue weighted by molar-refractivity contribution is 5.31. The van der Waals surface area contributed by atoms with Crippen molar-refractivity contribution in [1.29, 1.82) is 5.26 Å². The fourth-order valence-corrected chi connectivity index (χ4v) is 4.06. The Hall–Kier alpha value is -2.27. The average Bonchev–Trinajstić information content (AvgIpc) is 2.73. The van der Waals surface area contributed by atoms with Crippen molar-refractivity contribution in [1.82, 2.24) is 0 Å². The van der Waals surface area contributed by atoms with Gasteiger partial charge in [0.15, 0.2) is 0 Å². The van der Waals surface area contributed by atoms with Gasteiger partial charge in [0, 0.05) is 0 Å². The molecule has 0 aromatic heterocycles. The Morgan fingerprint density at radius 2 is 1.44 bits per heavy atom. The van der Waals surface area contributed by atoms with E-state index in [9.17, 15) is 0 Å². The number of nitriles is 1. The standard InChI is InChI=1S/C25H31NO/c1-2-3-20-14-16-25(17-15-20)27-19-24-12-8-22(9-13-24)5-4-21-6-10-23(18-26)11-7-21/h6-7,10-11,14-17,22,24H,2-5,8-9,12-13,19H2,1H3/t22-,24-. The van der Waals surface area contributed by atoms with Gasteiger partial charge >= 0.3 is 0 Å². The molecule has 0 radical (unpaired) electrons.